The lowest BCUT2D eigenvalue weighted by Gasteiger charge is -2.15. The van der Waals surface area contributed by atoms with E-state index in [-0.39, 0.29) is 0 Å². The second-order valence-corrected chi connectivity index (χ2v) is 4.06. The molecule has 3 nitrogen and oxygen atoms in total. The third-order valence-electron chi connectivity index (χ3n) is 1.30. The van der Waals surface area contributed by atoms with Crippen molar-refractivity contribution in [3.8, 4) is 0 Å². The van der Waals surface area contributed by atoms with Gasteiger partial charge in [0.25, 0.3) is 0 Å². The molecule has 0 aliphatic carbocycles. The predicted molar refractivity (Wildman–Crippen MR) is 49.1 cm³/mol. The van der Waals surface area contributed by atoms with Crippen LogP contribution >= 0.6 is 15.9 Å². The van der Waals surface area contributed by atoms with Gasteiger partial charge in [-0.25, -0.2) is 4.98 Å². The molecule has 1 aromatic rings. The molecule has 0 bridgehead atoms. The van der Waals surface area contributed by atoms with Crippen LogP contribution in [-0.4, -0.2) is 9.55 Å². The van der Waals surface area contributed by atoms with Crippen molar-refractivity contribution in [3.63, 3.8) is 0 Å². The second kappa shape index (κ2) is 2.79. The third-order valence-corrected chi connectivity index (χ3v) is 1.66. The smallest absolute Gasteiger partial charge is 0.143 e. The lowest BCUT2D eigenvalue weighted by molar-refractivity contribution is 0.681. The fourth-order valence-electron chi connectivity index (χ4n) is 0.839. The van der Waals surface area contributed by atoms with Crippen LogP contribution < -0.4 is 5.73 Å². The zero-order chi connectivity index (χ0) is 8.48. The van der Waals surface area contributed by atoms with E-state index in [1.165, 1.54) is 0 Å². The minimum absolute atomic E-state index is 0.593. The molecule has 1 aromatic heterocycles. The molecule has 0 spiro atoms. The van der Waals surface area contributed by atoms with Gasteiger partial charge in [-0.1, -0.05) is 22.5 Å². The van der Waals surface area contributed by atoms with Crippen LogP contribution in [0.3, 0.4) is 0 Å². The highest BCUT2D eigenvalue weighted by Gasteiger charge is 2.21. The highest BCUT2D eigenvalue weighted by molar-refractivity contribution is 9.09. The summed E-state index contributed by atoms with van der Waals surface area (Å²) < 4.78 is 1.18. The number of halogens is 1. The van der Waals surface area contributed by atoms with E-state index in [9.17, 15) is 0 Å². The number of rotatable bonds is 2. The molecule has 0 saturated heterocycles. The van der Waals surface area contributed by atoms with E-state index < -0.39 is 4.45 Å². The topological polar surface area (TPSA) is 43.8 Å². The fourth-order valence-corrected chi connectivity index (χ4v) is 1.15. The van der Waals surface area contributed by atoms with E-state index in [2.05, 4.69) is 27.5 Å². The lowest BCUT2D eigenvalue weighted by atomic mass is 10.3. The third kappa shape index (κ3) is 1.70. The highest BCUT2D eigenvalue weighted by Crippen LogP contribution is 2.22. The zero-order valence-corrected chi connectivity index (χ0v) is 7.87. The lowest BCUT2D eigenvalue weighted by Crippen LogP contribution is -2.28. The molecular weight excluding hydrogens is 206 g/mol. The van der Waals surface area contributed by atoms with Gasteiger partial charge in [-0.3, -0.25) is 0 Å². The minimum Gasteiger partial charge on any atom is -0.310 e. The summed E-state index contributed by atoms with van der Waals surface area (Å²) in [5.74, 6) is 0.743. The van der Waals surface area contributed by atoms with Gasteiger partial charge in [0.15, 0.2) is 0 Å². The van der Waals surface area contributed by atoms with Gasteiger partial charge in [-0.2, -0.15) is 0 Å². The summed E-state index contributed by atoms with van der Waals surface area (Å²) in [5, 5.41) is 0. The molecule has 2 N–H and O–H groups in total. The maximum atomic E-state index is 5.76. The molecule has 0 radical (unpaired) electrons. The van der Waals surface area contributed by atoms with Gasteiger partial charge in [0.2, 0.25) is 0 Å². The van der Waals surface area contributed by atoms with Gasteiger partial charge < -0.3 is 10.3 Å². The minimum atomic E-state index is -0.593. The first-order valence-electron chi connectivity index (χ1n) is 3.19. The van der Waals surface area contributed by atoms with Crippen LogP contribution in [0, 0.1) is 0 Å². The highest BCUT2D eigenvalue weighted by atomic mass is 79.9. The molecule has 1 unspecified atom stereocenters. The largest absolute Gasteiger partial charge is 0.310 e. The molecule has 0 aliphatic heterocycles. The Morgan fingerprint density at radius 1 is 1.91 bits per heavy atom. The van der Waals surface area contributed by atoms with Gasteiger partial charge in [0.1, 0.15) is 10.3 Å². The van der Waals surface area contributed by atoms with Gasteiger partial charge in [-0.15, -0.1) is 0 Å². The van der Waals surface area contributed by atoms with Gasteiger partial charge in [0, 0.05) is 18.6 Å². The Balaban J connectivity index is 3.12. The summed E-state index contributed by atoms with van der Waals surface area (Å²) in [7, 11) is 0. The molecule has 1 atom stereocenters. The van der Waals surface area contributed by atoms with Crippen molar-refractivity contribution < 1.29 is 0 Å². The average molecular weight is 216 g/mol. The zero-order valence-electron chi connectivity index (χ0n) is 6.29. The molecule has 0 fully saturated rings. The van der Waals surface area contributed by atoms with E-state index in [4.69, 9.17) is 5.73 Å². The summed E-state index contributed by atoms with van der Waals surface area (Å²) >= 11 is 3.30. The number of nitrogens with two attached hydrogens (primary N) is 1. The Kier molecular flexibility index (Phi) is 2.15. The van der Waals surface area contributed by atoms with Crippen LogP contribution in [0.2, 0.25) is 0 Å². The van der Waals surface area contributed by atoms with E-state index >= 15 is 0 Å². The maximum Gasteiger partial charge on any atom is 0.143 e. The van der Waals surface area contributed by atoms with E-state index in [0.717, 1.165) is 5.82 Å². The van der Waals surface area contributed by atoms with Crippen molar-refractivity contribution in [1.29, 1.82) is 0 Å². The summed E-state index contributed by atoms with van der Waals surface area (Å²) in [6.45, 7) is 5.45. The molecule has 0 aliphatic rings. The predicted octanol–water partition coefficient (Wildman–Crippen LogP) is 1.51. The van der Waals surface area contributed by atoms with Crippen LogP contribution in [0.5, 0.6) is 0 Å². The normalized spacial score (nSPS) is 15.9. The van der Waals surface area contributed by atoms with Crippen LogP contribution in [-0.2, 0) is 4.45 Å². The van der Waals surface area contributed by atoms with E-state index in [1.807, 2.05) is 6.92 Å². The number of alkyl halides is 1. The summed E-state index contributed by atoms with van der Waals surface area (Å²) in [4.78, 5) is 4.08. The molecule has 0 aromatic carbocycles. The summed E-state index contributed by atoms with van der Waals surface area (Å²) in [5.41, 5.74) is 5.76. The van der Waals surface area contributed by atoms with Crippen LogP contribution in [0.4, 0.5) is 0 Å². The van der Waals surface area contributed by atoms with Crippen LogP contribution in [0.15, 0.2) is 19.0 Å². The Labute approximate surface area is 74.0 Å². The Hall–Kier alpha value is -0.610. The van der Waals surface area contributed by atoms with Gasteiger partial charge in [-0.05, 0) is 6.92 Å². The number of nitrogens with zero attached hydrogens (tertiary/aromatic N) is 2. The quantitative estimate of drug-likeness (QED) is 0.601. The molecule has 1 rings (SSSR count). The SMILES string of the molecule is C=Cn1ccnc1C(C)(N)Br. The summed E-state index contributed by atoms with van der Waals surface area (Å²) in [6.07, 6.45) is 5.15. The first kappa shape index (κ1) is 8.49. The standard InChI is InChI=1S/C7H10BrN3/c1-3-11-5-4-10-6(11)7(2,8)9/h3-5H,1,9H2,2H3. The molecule has 11 heavy (non-hydrogen) atoms. The number of imidazole rings is 1. The number of aromatic nitrogens is 2. The van der Waals surface area contributed by atoms with Crippen LogP contribution in [0.25, 0.3) is 6.20 Å². The summed E-state index contributed by atoms with van der Waals surface area (Å²) in [6, 6.07) is 0. The Morgan fingerprint density at radius 2 is 2.55 bits per heavy atom. The van der Waals surface area contributed by atoms with Crippen molar-refractivity contribution in [1.82, 2.24) is 9.55 Å². The Bertz CT molecular complexity index is 259. The van der Waals surface area contributed by atoms with Crippen molar-refractivity contribution >= 4 is 22.1 Å². The number of hydrogen-bond acceptors (Lipinski definition) is 2. The first-order valence-corrected chi connectivity index (χ1v) is 3.98. The number of hydrogen-bond donors (Lipinski definition) is 1. The first-order chi connectivity index (χ1) is 5.05. The van der Waals surface area contributed by atoms with E-state index in [1.54, 1.807) is 23.2 Å². The van der Waals surface area contributed by atoms with E-state index in [0.29, 0.717) is 0 Å². The molecular formula is C7H10BrN3. The fraction of sp³-hybridized carbons (Fsp3) is 0.286. The van der Waals surface area contributed by atoms with Crippen molar-refractivity contribution in [3.05, 3.63) is 24.8 Å². The van der Waals surface area contributed by atoms with Crippen molar-refractivity contribution in [2.24, 2.45) is 5.73 Å². The molecule has 60 valence electrons. The molecule has 1 heterocycles. The monoisotopic (exact) mass is 215 g/mol. The molecule has 0 saturated carbocycles. The Morgan fingerprint density at radius 3 is 2.91 bits per heavy atom. The van der Waals surface area contributed by atoms with Crippen molar-refractivity contribution in [2.45, 2.75) is 11.4 Å². The average Bonchev–Trinajstić information content (AvgIpc) is 2.31. The van der Waals surface area contributed by atoms with Crippen molar-refractivity contribution in [2.75, 3.05) is 0 Å². The maximum absolute atomic E-state index is 5.76. The van der Waals surface area contributed by atoms with Crippen LogP contribution in [0.1, 0.15) is 12.7 Å². The molecule has 0 amide bonds. The van der Waals surface area contributed by atoms with Gasteiger partial charge >= 0.3 is 0 Å². The molecule has 4 heteroatoms. The van der Waals surface area contributed by atoms with Gasteiger partial charge in [0.05, 0.1) is 0 Å². The second-order valence-electron chi connectivity index (χ2n) is 2.42.